The minimum atomic E-state index is -0.661. The number of nitro benzene ring substituents is 2. The predicted molar refractivity (Wildman–Crippen MR) is 161 cm³/mol. The van der Waals surface area contributed by atoms with Crippen molar-refractivity contribution in [3.8, 4) is 0 Å². The maximum absolute atomic E-state index is 11.5. The van der Waals surface area contributed by atoms with Gasteiger partial charge < -0.3 is 0 Å². The number of unbranched alkanes of at least 4 members (excludes halogenated alkanes) is 14. The number of nitrogens with zero attached hydrogens (tertiary/aromatic N) is 3. The van der Waals surface area contributed by atoms with E-state index in [9.17, 15) is 20.2 Å². The van der Waals surface area contributed by atoms with Crippen molar-refractivity contribution in [1.29, 1.82) is 0 Å². The lowest BCUT2D eigenvalue weighted by molar-refractivity contribution is -0.393. The number of hydrazone groups is 1. The first kappa shape index (κ1) is 32.2. The SMILES string of the molecule is CCCCCCCCCCCCCCCCC/C(=N/Nc1ccc([N+](=O)[O-])cc1[N+](=O)[O-])c1ccccc1Cl. The normalized spacial score (nSPS) is 11.5. The maximum Gasteiger partial charge on any atom is 0.301 e. The summed E-state index contributed by atoms with van der Waals surface area (Å²) < 4.78 is 0. The van der Waals surface area contributed by atoms with Gasteiger partial charge in [-0.1, -0.05) is 127 Å². The van der Waals surface area contributed by atoms with E-state index in [4.69, 9.17) is 11.6 Å². The highest BCUT2D eigenvalue weighted by atomic mass is 35.5. The van der Waals surface area contributed by atoms with Crippen LogP contribution in [0, 0.1) is 20.2 Å². The first-order valence-electron chi connectivity index (χ1n) is 14.4. The van der Waals surface area contributed by atoms with E-state index >= 15 is 0 Å². The predicted octanol–water partition coefficient (Wildman–Crippen LogP) is 10.2. The van der Waals surface area contributed by atoms with Gasteiger partial charge in [0, 0.05) is 16.7 Å². The number of hydrogen-bond donors (Lipinski definition) is 1. The second kappa shape index (κ2) is 19.1. The number of hydrogen-bond acceptors (Lipinski definition) is 6. The van der Waals surface area contributed by atoms with E-state index in [1.54, 1.807) is 6.07 Å². The number of halogens is 1. The van der Waals surface area contributed by atoms with Gasteiger partial charge in [-0.15, -0.1) is 0 Å². The number of rotatable bonds is 21. The number of benzene rings is 2. The molecule has 0 unspecified atom stereocenters. The van der Waals surface area contributed by atoms with Crippen molar-refractivity contribution in [3.05, 3.63) is 73.3 Å². The van der Waals surface area contributed by atoms with Gasteiger partial charge in [0.1, 0.15) is 5.69 Å². The molecule has 1 N–H and O–H groups in total. The highest BCUT2D eigenvalue weighted by Crippen LogP contribution is 2.29. The Kier molecular flexibility index (Phi) is 15.8. The summed E-state index contributed by atoms with van der Waals surface area (Å²) in [6.07, 6.45) is 19.9. The van der Waals surface area contributed by atoms with Gasteiger partial charge in [0.2, 0.25) is 0 Å². The molecule has 0 fully saturated rings. The summed E-state index contributed by atoms with van der Waals surface area (Å²) in [6.45, 7) is 2.26. The van der Waals surface area contributed by atoms with E-state index < -0.39 is 15.5 Å². The van der Waals surface area contributed by atoms with Gasteiger partial charge in [-0.2, -0.15) is 5.10 Å². The Bertz CT molecular complexity index is 1060. The molecule has 0 aliphatic heterocycles. The van der Waals surface area contributed by atoms with Crippen molar-refractivity contribution in [1.82, 2.24) is 0 Å². The Balaban J connectivity index is 1.79. The molecule has 39 heavy (non-hydrogen) atoms. The van der Waals surface area contributed by atoms with Crippen molar-refractivity contribution in [2.24, 2.45) is 5.10 Å². The smallest absolute Gasteiger partial charge is 0.271 e. The van der Waals surface area contributed by atoms with E-state index in [0.717, 1.165) is 30.9 Å². The Morgan fingerprint density at radius 2 is 1.31 bits per heavy atom. The molecule has 0 spiro atoms. The molecule has 0 amide bonds. The van der Waals surface area contributed by atoms with Crippen LogP contribution in [0.1, 0.15) is 115 Å². The number of anilines is 1. The van der Waals surface area contributed by atoms with Gasteiger partial charge in [-0.25, -0.2) is 0 Å². The summed E-state index contributed by atoms with van der Waals surface area (Å²) in [6, 6.07) is 10.8. The lowest BCUT2D eigenvalue weighted by atomic mass is 10.0. The van der Waals surface area contributed by atoms with Crippen molar-refractivity contribution >= 4 is 34.4 Å². The van der Waals surface area contributed by atoms with Crippen LogP contribution in [0.3, 0.4) is 0 Å². The Morgan fingerprint density at radius 1 is 0.769 bits per heavy atom. The average Bonchev–Trinajstić information content (AvgIpc) is 2.92. The zero-order valence-corrected chi connectivity index (χ0v) is 24.0. The first-order chi connectivity index (χ1) is 18.9. The Morgan fingerprint density at radius 3 is 1.82 bits per heavy atom. The molecule has 0 aliphatic rings. The summed E-state index contributed by atoms with van der Waals surface area (Å²) in [5, 5.41) is 27.5. The third-order valence-electron chi connectivity index (χ3n) is 6.90. The molecule has 0 saturated heterocycles. The van der Waals surface area contributed by atoms with E-state index in [1.165, 1.54) is 89.2 Å². The van der Waals surface area contributed by atoms with E-state index in [1.807, 2.05) is 18.2 Å². The molecule has 9 heteroatoms. The molecule has 214 valence electrons. The third kappa shape index (κ3) is 12.6. The number of nitro groups is 2. The third-order valence-corrected chi connectivity index (χ3v) is 7.23. The van der Waals surface area contributed by atoms with Crippen LogP contribution >= 0.6 is 11.6 Å². The molecule has 0 saturated carbocycles. The van der Waals surface area contributed by atoms with Gasteiger partial charge in [0.05, 0.1) is 21.6 Å². The largest absolute Gasteiger partial charge is 0.301 e. The summed E-state index contributed by atoms with van der Waals surface area (Å²) in [4.78, 5) is 21.2. The molecule has 0 aliphatic carbocycles. The van der Waals surface area contributed by atoms with E-state index in [0.29, 0.717) is 17.2 Å². The number of non-ortho nitro benzene ring substituents is 1. The molecule has 0 heterocycles. The molecule has 2 aromatic carbocycles. The van der Waals surface area contributed by atoms with Crippen LogP contribution in [0.15, 0.2) is 47.6 Å². The van der Waals surface area contributed by atoms with Crippen LogP contribution in [0.25, 0.3) is 0 Å². The molecule has 2 aromatic rings. The van der Waals surface area contributed by atoms with Crippen molar-refractivity contribution in [2.75, 3.05) is 5.43 Å². The quantitative estimate of drug-likeness (QED) is 0.0708. The van der Waals surface area contributed by atoms with Crippen LogP contribution in [-0.2, 0) is 0 Å². The lowest BCUT2D eigenvalue weighted by Crippen LogP contribution is -2.07. The highest BCUT2D eigenvalue weighted by Gasteiger charge is 2.19. The maximum atomic E-state index is 11.5. The Labute approximate surface area is 237 Å². The number of nitrogens with one attached hydrogen (secondary N) is 1. The van der Waals surface area contributed by atoms with Crippen molar-refractivity contribution in [3.63, 3.8) is 0 Å². The molecule has 0 aromatic heterocycles. The molecule has 0 bridgehead atoms. The van der Waals surface area contributed by atoms with Gasteiger partial charge >= 0.3 is 5.69 Å². The average molecular weight is 559 g/mol. The van der Waals surface area contributed by atoms with E-state index in [-0.39, 0.29) is 11.4 Å². The standard InChI is InChI=1S/C30H43ClN4O4/c1-2-3-4-5-6-7-8-9-10-11-12-13-14-15-16-21-28(26-19-17-18-20-27(26)31)32-33-29-23-22-25(34(36)37)24-30(29)35(38)39/h17-20,22-24,33H,2-16,21H2,1H3/b32-28-. The topological polar surface area (TPSA) is 111 Å². The van der Waals surface area contributed by atoms with Gasteiger partial charge in [0.15, 0.2) is 0 Å². The molecular formula is C30H43ClN4O4. The van der Waals surface area contributed by atoms with Crippen LogP contribution in [-0.4, -0.2) is 15.6 Å². The summed E-state index contributed by atoms with van der Waals surface area (Å²) in [5.41, 5.74) is 3.55. The molecule has 0 radical (unpaired) electrons. The van der Waals surface area contributed by atoms with Crippen LogP contribution < -0.4 is 5.43 Å². The highest BCUT2D eigenvalue weighted by molar-refractivity contribution is 6.34. The molecule has 2 rings (SSSR count). The van der Waals surface area contributed by atoms with Crippen LogP contribution in [0.5, 0.6) is 0 Å². The van der Waals surface area contributed by atoms with Crippen LogP contribution in [0.2, 0.25) is 5.02 Å². The summed E-state index contributed by atoms with van der Waals surface area (Å²) in [5.74, 6) is 0. The fourth-order valence-corrected chi connectivity index (χ4v) is 4.86. The lowest BCUT2D eigenvalue weighted by Gasteiger charge is -2.10. The Hall–Kier alpha value is -3.00. The zero-order valence-electron chi connectivity index (χ0n) is 23.2. The molecule has 0 atom stereocenters. The minimum absolute atomic E-state index is 0.0895. The van der Waals surface area contributed by atoms with Gasteiger partial charge in [-0.3, -0.25) is 25.7 Å². The zero-order chi connectivity index (χ0) is 28.3. The second-order valence-electron chi connectivity index (χ2n) is 10.1. The van der Waals surface area contributed by atoms with Gasteiger partial charge in [-0.05, 0) is 25.0 Å². The fourth-order valence-electron chi connectivity index (χ4n) is 4.62. The van der Waals surface area contributed by atoms with Crippen molar-refractivity contribution < 1.29 is 9.85 Å². The minimum Gasteiger partial charge on any atom is -0.271 e. The summed E-state index contributed by atoms with van der Waals surface area (Å²) >= 11 is 6.42. The molecule has 8 nitrogen and oxygen atoms in total. The van der Waals surface area contributed by atoms with Crippen LogP contribution in [0.4, 0.5) is 17.1 Å². The fraction of sp³-hybridized carbons (Fsp3) is 0.567. The second-order valence-corrected chi connectivity index (χ2v) is 10.5. The monoisotopic (exact) mass is 558 g/mol. The summed E-state index contributed by atoms with van der Waals surface area (Å²) in [7, 11) is 0. The van der Waals surface area contributed by atoms with Crippen molar-refractivity contribution in [2.45, 2.75) is 110 Å². The first-order valence-corrected chi connectivity index (χ1v) is 14.8. The van der Waals surface area contributed by atoms with Gasteiger partial charge in [0.25, 0.3) is 5.69 Å². The van der Waals surface area contributed by atoms with E-state index in [2.05, 4.69) is 17.5 Å². The molecular weight excluding hydrogens is 516 g/mol.